The Labute approximate surface area is 118 Å². The van der Waals surface area contributed by atoms with E-state index in [-0.39, 0.29) is 18.4 Å². The largest absolute Gasteiger partial charge is 0.388 e. The molecule has 2 atom stereocenters. The van der Waals surface area contributed by atoms with Gasteiger partial charge in [-0.15, -0.1) is 0 Å². The Hall–Kier alpha value is -1.07. The molecular weight excluding hydrogens is 266 g/mol. The van der Waals surface area contributed by atoms with Crippen LogP contribution in [0.1, 0.15) is 43.2 Å². The second-order valence-corrected chi connectivity index (χ2v) is 5.58. The van der Waals surface area contributed by atoms with Crippen molar-refractivity contribution < 1.29 is 9.90 Å². The number of aliphatic hydroxyl groups is 1. The molecule has 19 heavy (non-hydrogen) atoms. The monoisotopic (exact) mass is 287 g/mol. The molecule has 0 aliphatic heterocycles. The minimum absolute atomic E-state index is 0.0956. The van der Waals surface area contributed by atoms with E-state index in [1.54, 1.807) is 20.9 Å². The van der Waals surface area contributed by atoms with Crippen molar-refractivity contribution in [1.29, 1.82) is 0 Å². The van der Waals surface area contributed by atoms with Gasteiger partial charge in [0.15, 0.2) is 0 Å². The van der Waals surface area contributed by atoms with Crippen molar-refractivity contribution in [3.05, 3.63) is 16.4 Å². The maximum atomic E-state index is 12.1. The van der Waals surface area contributed by atoms with Gasteiger partial charge in [-0.3, -0.25) is 9.48 Å². The third-order valence-electron chi connectivity index (χ3n) is 3.66. The van der Waals surface area contributed by atoms with Crippen LogP contribution < -0.4 is 5.32 Å². The van der Waals surface area contributed by atoms with Crippen molar-refractivity contribution in [2.24, 2.45) is 13.0 Å². The molecule has 1 aromatic heterocycles. The number of carbonyl (C=O) groups excluding carboxylic acids is 1. The smallest absolute Gasteiger partial charge is 0.256 e. The Morgan fingerprint density at radius 3 is 2.63 bits per heavy atom. The molecular formula is C13H22ClN3O2. The average Bonchev–Trinajstić information content (AvgIpc) is 2.59. The number of nitrogens with zero attached hydrogens (tertiary/aromatic N) is 2. The van der Waals surface area contributed by atoms with Crippen LogP contribution in [0.3, 0.4) is 0 Å². The van der Waals surface area contributed by atoms with Gasteiger partial charge in [0.25, 0.3) is 5.91 Å². The number of hydrogen-bond acceptors (Lipinski definition) is 3. The number of halogens is 1. The standard InChI is InChI=1S/C13H22ClN3O2/c1-6-8(2)13(4,19)7-15-12(18)10-9(3)16-17(5)11(10)14/h8,19H,6-7H2,1-5H3,(H,15,18). The summed E-state index contributed by atoms with van der Waals surface area (Å²) in [7, 11) is 1.68. The van der Waals surface area contributed by atoms with Gasteiger partial charge < -0.3 is 10.4 Å². The summed E-state index contributed by atoms with van der Waals surface area (Å²) in [6.45, 7) is 7.59. The average molecular weight is 288 g/mol. The Morgan fingerprint density at radius 2 is 2.21 bits per heavy atom. The number of amides is 1. The molecule has 1 aromatic rings. The fourth-order valence-electron chi connectivity index (χ4n) is 1.85. The second-order valence-electron chi connectivity index (χ2n) is 5.22. The quantitative estimate of drug-likeness (QED) is 0.869. The molecule has 0 aromatic carbocycles. The highest BCUT2D eigenvalue weighted by atomic mass is 35.5. The first-order valence-corrected chi connectivity index (χ1v) is 6.78. The van der Waals surface area contributed by atoms with Crippen LogP contribution in [0.2, 0.25) is 5.15 Å². The van der Waals surface area contributed by atoms with Gasteiger partial charge in [0.05, 0.1) is 16.9 Å². The number of carbonyl (C=O) groups is 1. The molecule has 108 valence electrons. The van der Waals surface area contributed by atoms with E-state index in [1.165, 1.54) is 4.68 Å². The summed E-state index contributed by atoms with van der Waals surface area (Å²) in [6.07, 6.45) is 0.843. The third-order valence-corrected chi connectivity index (χ3v) is 4.09. The zero-order valence-electron chi connectivity index (χ0n) is 12.1. The lowest BCUT2D eigenvalue weighted by molar-refractivity contribution is 0.00592. The van der Waals surface area contributed by atoms with Gasteiger partial charge in [-0.2, -0.15) is 5.10 Å². The van der Waals surface area contributed by atoms with Crippen molar-refractivity contribution in [2.45, 2.75) is 39.7 Å². The lowest BCUT2D eigenvalue weighted by Gasteiger charge is -2.29. The van der Waals surface area contributed by atoms with Gasteiger partial charge in [0.2, 0.25) is 0 Å². The minimum Gasteiger partial charge on any atom is -0.388 e. The van der Waals surface area contributed by atoms with Crippen LogP contribution in [0.4, 0.5) is 0 Å². The Bertz CT molecular complexity index is 469. The van der Waals surface area contributed by atoms with Crippen molar-refractivity contribution in [3.8, 4) is 0 Å². The zero-order chi connectivity index (χ0) is 14.8. The van der Waals surface area contributed by atoms with Gasteiger partial charge in [-0.1, -0.05) is 31.9 Å². The summed E-state index contributed by atoms with van der Waals surface area (Å²) >= 11 is 6.03. The molecule has 0 radical (unpaired) electrons. The van der Waals surface area contributed by atoms with E-state index in [9.17, 15) is 9.90 Å². The molecule has 1 heterocycles. The molecule has 1 rings (SSSR count). The van der Waals surface area contributed by atoms with Gasteiger partial charge >= 0.3 is 0 Å². The van der Waals surface area contributed by atoms with E-state index in [2.05, 4.69) is 10.4 Å². The molecule has 2 N–H and O–H groups in total. The van der Waals surface area contributed by atoms with Crippen LogP contribution in [-0.4, -0.2) is 32.9 Å². The number of hydrogen-bond donors (Lipinski definition) is 2. The second kappa shape index (κ2) is 5.92. The molecule has 5 nitrogen and oxygen atoms in total. The third kappa shape index (κ3) is 3.48. The first-order chi connectivity index (χ1) is 8.70. The summed E-state index contributed by atoms with van der Waals surface area (Å²) in [5.41, 5.74) is 0.00445. The number of nitrogens with one attached hydrogen (secondary N) is 1. The Morgan fingerprint density at radius 1 is 1.63 bits per heavy atom. The van der Waals surface area contributed by atoms with Crippen molar-refractivity contribution in [1.82, 2.24) is 15.1 Å². The highest BCUT2D eigenvalue weighted by Gasteiger charge is 2.28. The van der Waals surface area contributed by atoms with E-state index in [0.717, 1.165) is 6.42 Å². The summed E-state index contributed by atoms with van der Waals surface area (Å²) in [5, 5.41) is 17.4. The SMILES string of the molecule is CCC(C)C(C)(O)CNC(=O)c1c(C)nn(C)c1Cl. The van der Waals surface area contributed by atoms with E-state index < -0.39 is 5.60 Å². The van der Waals surface area contributed by atoms with Gasteiger partial charge in [-0.05, 0) is 19.8 Å². The molecule has 2 unspecified atom stereocenters. The Kier molecular flexibility index (Phi) is 4.98. The van der Waals surface area contributed by atoms with Crippen LogP contribution in [0.15, 0.2) is 0 Å². The minimum atomic E-state index is -0.938. The molecule has 1 amide bonds. The van der Waals surface area contributed by atoms with Crippen molar-refractivity contribution in [2.75, 3.05) is 6.54 Å². The van der Waals surface area contributed by atoms with E-state index in [4.69, 9.17) is 11.6 Å². The van der Waals surface area contributed by atoms with Crippen LogP contribution in [0.5, 0.6) is 0 Å². The lowest BCUT2D eigenvalue weighted by Crippen LogP contribution is -2.45. The normalized spacial score (nSPS) is 15.9. The summed E-state index contributed by atoms with van der Waals surface area (Å²) in [6, 6.07) is 0. The number of aryl methyl sites for hydroxylation is 2. The molecule has 0 fully saturated rings. The zero-order valence-corrected chi connectivity index (χ0v) is 12.9. The molecule has 0 aliphatic carbocycles. The maximum absolute atomic E-state index is 12.1. The number of rotatable bonds is 5. The molecule has 0 spiro atoms. The topological polar surface area (TPSA) is 67.2 Å². The molecule has 0 bridgehead atoms. The van der Waals surface area contributed by atoms with Crippen molar-refractivity contribution in [3.63, 3.8) is 0 Å². The lowest BCUT2D eigenvalue weighted by atomic mass is 9.88. The first kappa shape index (κ1) is 16.0. The fourth-order valence-corrected chi connectivity index (χ4v) is 2.11. The van der Waals surface area contributed by atoms with Gasteiger partial charge in [0.1, 0.15) is 5.15 Å². The van der Waals surface area contributed by atoms with E-state index in [0.29, 0.717) is 16.4 Å². The van der Waals surface area contributed by atoms with E-state index in [1.807, 2.05) is 13.8 Å². The first-order valence-electron chi connectivity index (χ1n) is 6.40. The van der Waals surface area contributed by atoms with Crippen LogP contribution in [0.25, 0.3) is 0 Å². The fraction of sp³-hybridized carbons (Fsp3) is 0.692. The van der Waals surface area contributed by atoms with Gasteiger partial charge in [0, 0.05) is 13.6 Å². The van der Waals surface area contributed by atoms with Crippen LogP contribution >= 0.6 is 11.6 Å². The van der Waals surface area contributed by atoms with Crippen LogP contribution in [0, 0.1) is 12.8 Å². The molecule has 6 heteroatoms. The maximum Gasteiger partial charge on any atom is 0.256 e. The van der Waals surface area contributed by atoms with Crippen LogP contribution in [-0.2, 0) is 7.05 Å². The molecule has 0 saturated carbocycles. The molecule has 0 aliphatic rings. The van der Waals surface area contributed by atoms with Crippen molar-refractivity contribution >= 4 is 17.5 Å². The Balaban J connectivity index is 2.76. The summed E-state index contributed by atoms with van der Waals surface area (Å²) < 4.78 is 1.46. The highest BCUT2D eigenvalue weighted by Crippen LogP contribution is 2.21. The summed E-state index contributed by atoms with van der Waals surface area (Å²) in [5.74, 6) is -0.211. The molecule has 0 saturated heterocycles. The highest BCUT2D eigenvalue weighted by molar-refractivity contribution is 6.33. The number of aromatic nitrogens is 2. The van der Waals surface area contributed by atoms with Gasteiger partial charge in [-0.25, -0.2) is 0 Å². The van der Waals surface area contributed by atoms with E-state index >= 15 is 0 Å². The predicted molar refractivity (Wildman–Crippen MR) is 75.4 cm³/mol. The predicted octanol–water partition coefficient (Wildman–Crippen LogP) is 1.91. The summed E-state index contributed by atoms with van der Waals surface area (Å²) in [4.78, 5) is 12.1.